The third kappa shape index (κ3) is 4.18. The van der Waals surface area contributed by atoms with Gasteiger partial charge in [-0.3, -0.25) is 19.1 Å². The standard InChI is InChI=1S/C24H21F3N6O/c1-32-21(14-18(30-32)15-6-3-2-4-7-15)23(34)29-17-8-5-11-33-20(17)13-19(31-33)16-9-10-28-22(12-16)24(25,26)27/h2-4,6-7,9-10,12-14,17H,5,8,11H2,1H3,(H,29,34)/t17-/m0/s1. The average molecular weight is 466 g/mol. The molecule has 1 aromatic carbocycles. The molecule has 0 saturated carbocycles. The highest BCUT2D eigenvalue weighted by atomic mass is 19.4. The van der Waals surface area contributed by atoms with Crippen molar-refractivity contribution in [2.45, 2.75) is 31.6 Å². The Morgan fingerprint density at radius 2 is 1.79 bits per heavy atom. The number of rotatable bonds is 4. The summed E-state index contributed by atoms with van der Waals surface area (Å²) in [4.78, 5) is 16.5. The third-order valence-electron chi connectivity index (χ3n) is 5.86. The van der Waals surface area contributed by atoms with Crippen LogP contribution in [0.25, 0.3) is 22.5 Å². The molecule has 0 bridgehead atoms. The van der Waals surface area contributed by atoms with Crippen LogP contribution in [0.5, 0.6) is 0 Å². The molecule has 34 heavy (non-hydrogen) atoms. The molecule has 4 aromatic rings. The number of pyridine rings is 1. The summed E-state index contributed by atoms with van der Waals surface area (Å²) in [5, 5.41) is 12.0. The van der Waals surface area contributed by atoms with E-state index in [2.05, 4.69) is 20.5 Å². The largest absolute Gasteiger partial charge is 0.433 e. The van der Waals surface area contributed by atoms with Gasteiger partial charge in [0.2, 0.25) is 0 Å². The molecule has 0 spiro atoms. The summed E-state index contributed by atoms with van der Waals surface area (Å²) >= 11 is 0. The van der Waals surface area contributed by atoms with Crippen LogP contribution in [0.4, 0.5) is 13.2 Å². The molecule has 1 amide bonds. The van der Waals surface area contributed by atoms with Crippen LogP contribution in [-0.4, -0.2) is 30.5 Å². The van der Waals surface area contributed by atoms with Gasteiger partial charge in [-0.2, -0.15) is 23.4 Å². The normalized spacial score (nSPS) is 15.7. The van der Waals surface area contributed by atoms with E-state index in [4.69, 9.17) is 0 Å². The van der Waals surface area contributed by atoms with E-state index in [9.17, 15) is 18.0 Å². The maximum absolute atomic E-state index is 13.1. The number of halogens is 3. The lowest BCUT2D eigenvalue weighted by Crippen LogP contribution is -2.33. The number of hydrogen-bond acceptors (Lipinski definition) is 4. The number of alkyl halides is 3. The van der Waals surface area contributed by atoms with Gasteiger partial charge in [-0.25, -0.2) is 0 Å². The van der Waals surface area contributed by atoms with E-state index in [0.29, 0.717) is 35.6 Å². The highest BCUT2D eigenvalue weighted by Crippen LogP contribution is 2.33. The monoisotopic (exact) mass is 466 g/mol. The summed E-state index contributed by atoms with van der Waals surface area (Å²) in [7, 11) is 1.71. The van der Waals surface area contributed by atoms with Crippen LogP contribution in [-0.2, 0) is 19.8 Å². The summed E-state index contributed by atoms with van der Waals surface area (Å²) in [5.41, 5.74) is 2.55. The van der Waals surface area contributed by atoms with E-state index in [-0.39, 0.29) is 11.9 Å². The molecule has 0 unspecified atom stereocenters. The van der Waals surface area contributed by atoms with Gasteiger partial charge in [0.1, 0.15) is 11.4 Å². The molecule has 1 atom stereocenters. The molecule has 4 heterocycles. The van der Waals surface area contributed by atoms with E-state index >= 15 is 0 Å². The van der Waals surface area contributed by atoms with E-state index in [1.165, 1.54) is 6.07 Å². The molecule has 0 radical (unpaired) electrons. The van der Waals surface area contributed by atoms with Crippen molar-refractivity contribution >= 4 is 5.91 Å². The van der Waals surface area contributed by atoms with Crippen LogP contribution >= 0.6 is 0 Å². The fourth-order valence-corrected chi connectivity index (χ4v) is 4.18. The van der Waals surface area contributed by atoms with Crippen molar-refractivity contribution < 1.29 is 18.0 Å². The number of amides is 1. The first kappa shape index (κ1) is 21.9. The quantitative estimate of drug-likeness (QED) is 0.476. The van der Waals surface area contributed by atoms with Crippen LogP contribution in [0.1, 0.15) is 40.8 Å². The van der Waals surface area contributed by atoms with Crippen LogP contribution in [0, 0.1) is 0 Å². The second-order valence-electron chi connectivity index (χ2n) is 8.18. The Hall–Kier alpha value is -3.95. The molecule has 7 nitrogen and oxygen atoms in total. The van der Waals surface area contributed by atoms with Crippen molar-refractivity contribution in [1.82, 2.24) is 29.9 Å². The number of aromatic nitrogens is 5. The van der Waals surface area contributed by atoms with Gasteiger partial charge in [0.25, 0.3) is 5.91 Å². The molecule has 5 rings (SSSR count). The van der Waals surface area contributed by atoms with Gasteiger partial charge in [-0.05, 0) is 37.1 Å². The summed E-state index contributed by atoms with van der Waals surface area (Å²) in [6, 6.07) is 15.2. The first-order valence-electron chi connectivity index (χ1n) is 10.8. The Bertz CT molecular complexity index is 1340. The number of carbonyl (C=O) groups excluding carboxylic acids is 1. The lowest BCUT2D eigenvalue weighted by atomic mass is 10.0. The predicted octanol–water partition coefficient (Wildman–Crippen LogP) is 4.63. The summed E-state index contributed by atoms with van der Waals surface area (Å²) in [6.45, 7) is 0.628. The van der Waals surface area contributed by atoms with Gasteiger partial charge in [0.05, 0.1) is 23.1 Å². The number of carbonyl (C=O) groups is 1. The maximum atomic E-state index is 13.1. The van der Waals surface area contributed by atoms with Crippen molar-refractivity contribution in [3.8, 4) is 22.5 Å². The zero-order valence-electron chi connectivity index (χ0n) is 18.3. The van der Waals surface area contributed by atoms with Crippen molar-refractivity contribution in [2.75, 3.05) is 0 Å². The van der Waals surface area contributed by atoms with Gasteiger partial charge in [0, 0.05) is 30.9 Å². The van der Waals surface area contributed by atoms with Crippen molar-refractivity contribution in [3.05, 3.63) is 77.9 Å². The molecule has 1 aliphatic rings. The van der Waals surface area contributed by atoms with Gasteiger partial charge in [-0.1, -0.05) is 30.3 Å². The molecular formula is C24H21F3N6O. The molecule has 0 aliphatic carbocycles. The highest BCUT2D eigenvalue weighted by molar-refractivity contribution is 5.94. The van der Waals surface area contributed by atoms with Gasteiger partial charge in [0.15, 0.2) is 0 Å². The third-order valence-corrected chi connectivity index (χ3v) is 5.86. The number of nitrogens with one attached hydrogen (secondary N) is 1. The minimum absolute atomic E-state index is 0.276. The number of fused-ring (bicyclic) bond motifs is 1. The zero-order valence-corrected chi connectivity index (χ0v) is 18.3. The van der Waals surface area contributed by atoms with E-state index in [1.54, 1.807) is 28.5 Å². The predicted molar refractivity (Wildman–Crippen MR) is 119 cm³/mol. The maximum Gasteiger partial charge on any atom is 0.433 e. The van der Waals surface area contributed by atoms with Crippen molar-refractivity contribution in [2.24, 2.45) is 7.05 Å². The number of nitrogens with zero attached hydrogens (tertiary/aromatic N) is 5. The Balaban J connectivity index is 1.39. The smallest absolute Gasteiger partial charge is 0.342 e. The lowest BCUT2D eigenvalue weighted by Gasteiger charge is -2.24. The Labute approximate surface area is 193 Å². The summed E-state index contributed by atoms with van der Waals surface area (Å²) in [5.74, 6) is -0.276. The van der Waals surface area contributed by atoms with E-state index in [0.717, 1.165) is 29.9 Å². The van der Waals surface area contributed by atoms with Crippen LogP contribution < -0.4 is 5.32 Å². The molecule has 1 N–H and O–H groups in total. The fourth-order valence-electron chi connectivity index (χ4n) is 4.18. The number of aryl methyl sites for hydroxylation is 2. The Morgan fingerprint density at radius 3 is 2.56 bits per heavy atom. The Morgan fingerprint density at radius 1 is 1.03 bits per heavy atom. The number of benzene rings is 1. The molecule has 10 heteroatoms. The second kappa shape index (κ2) is 8.44. The minimum Gasteiger partial charge on any atom is -0.342 e. The van der Waals surface area contributed by atoms with Crippen molar-refractivity contribution in [1.29, 1.82) is 0 Å². The van der Waals surface area contributed by atoms with Gasteiger partial charge >= 0.3 is 6.18 Å². The highest BCUT2D eigenvalue weighted by Gasteiger charge is 2.33. The van der Waals surface area contributed by atoms with E-state index in [1.807, 2.05) is 30.3 Å². The molecule has 0 fully saturated rings. The molecule has 1 aliphatic heterocycles. The molecular weight excluding hydrogens is 445 g/mol. The molecule has 3 aromatic heterocycles. The van der Waals surface area contributed by atoms with Crippen LogP contribution in [0.3, 0.4) is 0 Å². The Kier molecular flexibility index (Phi) is 5.43. The lowest BCUT2D eigenvalue weighted by molar-refractivity contribution is -0.141. The van der Waals surface area contributed by atoms with Crippen LogP contribution in [0.2, 0.25) is 0 Å². The number of hydrogen-bond donors (Lipinski definition) is 1. The zero-order chi connectivity index (χ0) is 23.9. The topological polar surface area (TPSA) is 77.6 Å². The van der Waals surface area contributed by atoms with Gasteiger partial charge in [-0.15, -0.1) is 0 Å². The van der Waals surface area contributed by atoms with Crippen LogP contribution in [0.15, 0.2) is 60.8 Å². The second-order valence-corrected chi connectivity index (χ2v) is 8.18. The summed E-state index contributed by atoms with van der Waals surface area (Å²) in [6.07, 6.45) is -1.93. The first-order valence-corrected chi connectivity index (χ1v) is 10.8. The summed E-state index contributed by atoms with van der Waals surface area (Å²) < 4.78 is 42.5. The van der Waals surface area contributed by atoms with Gasteiger partial charge < -0.3 is 5.32 Å². The molecule has 174 valence electrons. The van der Waals surface area contributed by atoms with E-state index < -0.39 is 11.9 Å². The average Bonchev–Trinajstić information content (AvgIpc) is 3.44. The van der Waals surface area contributed by atoms with Crippen molar-refractivity contribution in [3.63, 3.8) is 0 Å². The minimum atomic E-state index is -4.53. The molecule has 0 saturated heterocycles. The fraction of sp³-hybridized carbons (Fsp3) is 0.250. The SMILES string of the molecule is Cn1nc(-c2ccccc2)cc1C(=O)N[C@H]1CCCn2nc(-c3ccnc(C(F)(F)F)c3)cc21. The first-order chi connectivity index (χ1) is 16.3.